The van der Waals surface area contributed by atoms with Crippen LogP contribution >= 0.6 is 11.3 Å². The van der Waals surface area contributed by atoms with E-state index in [9.17, 15) is 39.9 Å². The molecule has 0 radical (unpaired) electrons. The summed E-state index contributed by atoms with van der Waals surface area (Å²) in [5.74, 6) is -8.75. The molecule has 0 fully saturated rings. The molecule has 6 atom stereocenters. The summed E-state index contributed by atoms with van der Waals surface area (Å²) < 4.78 is 5.20. The Balaban J connectivity index is 1.42. The number of phenolic OH excluding ortho intramolecular Hbond substituents is 1. The number of aliphatic hydroxyl groups is 4. The van der Waals surface area contributed by atoms with Gasteiger partial charge >= 0.3 is 0 Å². The van der Waals surface area contributed by atoms with Crippen LogP contribution in [0.3, 0.4) is 0 Å². The number of phenols is 1. The number of carbonyl (C=O) groups is 3. The van der Waals surface area contributed by atoms with E-state index in [1.807, 2.05) is 17.5 Å². The number of aromatic nitrogens is 1. The SMILES string of the molecule is COc1ccc(-c2csc(Nc3ccc4c(c3O)C(=O)C3=C(O)C5(O)C(=O)C(C(N)=O)=C(O)C(N(C)C)C5C(O)C3C4C)n2)cc1. The topological polar surface area (TPSA) is 216 Å². The van der Waals surface area contributed by atoms with Gasteiger partial charge in [-0.15, -0.1) is 11.3 Å². The lowest BCUT2D eigenvalue weighted by molar-refractivity contribution is -0.162. The number of aliphatic hydroxyl groups excluding tert-OH is 3. The molecule has 13 nitrogen and oxygen atoms in total. The maximum absolute atomic E-state index is 14.1. The van der Waals surface area contributed by atoms with Crippen molar-refractivity contribution in [2.45, 2.75) is 30.6 Å². The third kappa shape index (κ3) is 4.32. The van der Waals surface area contributed by atoms with E-state index >= 15 is 0 Å². The van der Waals surface area contributed by atoms with Crippen LogP contribution in [0, 0.1) is 11.8 Å². The molecule has 14 heteroatoms. The molecule has 1 aromatic heterocycles. The van der Waals surface area contributed by atoms with E-state index in [1.54, 1.807) is 38.3 Å². The van der Waals surface area contributed by atoms with Gasteiger partial charge in [-0.05, 0) is 55.9 Å². The highest BCUT2D eigenvalue weighted by Gasteiger charge is 2.67. The molecule has 1 heterocycles. The van der Waals surface area contributed by atoms with Crippen LogP contribution in [0.15, 0.2) is 64.4 Å². The summed E-state index contributed by atoms with van der Waals surface area (Å²) in [6.07, 6.45) is -1.66. The van der Waals surface area contributed by atoms with Crippen molar-refractivity contribution in [3.8, 4) is 22.8 Å². The predicted octanol–water partition coefficient (Wildman–Crippen LogP) is 2.53. The summed E-state index contributed by atoms with van der Waals surface area (Å²) >= 11 is 1.26. The van der Waals surface area contributed by atoms with Gasteiger partial charge in [0, 0.05) is 22.4 Å². The minimum atomic E-state index is -2.98. The average molecular weight is 649 g/mol. The highest BCUT2D eigenvalue weighted by molar-refractivity contribution is 7.14. The Hall–Kier alpha value is -4.76. The van der Waals surface area contributed by atoms with Crippen molar-refractivity contribution in [1.29, 1.82) is 0 Å². The number of carbonyl (C=O) groups excluding carboxylic acids is 3. The number of ketones is 2. The van der Waals surface area contributed by atoms with Crippen molar-refractivity contribution in [2.24, 2.45) is 17.6 Å². The van der Waals surface area contributed by atoms with Crippen LogP contribution in [-0.2, 0) is 9.59 Å². The van der Waals surface area contributed by atoms with E-state index < -0.39 is 81.4 Å². The number of methoxy groups -OCH3 is 1. The number of benzene rings is 2. The number of nitrogens with one attached hydrogen (secondary N) is 1. The Morgan fingerprint density at radius 1 is 1.11 bits per heavy atom. The lowest BCUT2D eigenvalue weighted by atomic mass is 9.55. The second-order valence-electron chi connectivity index (χ2n) is 11.9. The molecule has 6 rings (SSSR count). The van der Waals surface area contributed by atoms with Gasteiger partial charge in [-0.2, -0.15) is 0 Å². The summed E-state index contributed by atoms with van der Waals surface area (Å²) in [5, 5.41) is 62.7. The molecule has 8 N–H and O–H groups in total. The van der Waals surface area contributed by atoms with E-state index in [0.29, 0.717) is 22.1 Å². The first kappa shape index (κ1) is 31.2. The third-order valence-electron chi connectivity index (χ3n) is 9.26. The fraction of sp³-hybridized carbons (Fsp3) is 0.312. The second kappa shape index (κ2) is 10.9. The van der Waals surface area contributed by atoms with Crippen molar-refractivity contribution in [3.05, 3.63) is 75.6 Å². The van der Waals surface area contributed by atoms with Crippen LogP contribution in [0.1, 0.15) is 28.8 Å². The van der Waals surface area contributed by atoms with E-state index in [-0.39, 0.29) is 11.3 Å². The minimum absolute atomic E-state index is 0.131. The summed E-state index contributed by atoms with van der Waals surface area (Å²) in [7, 11) is 4.54. The van der Waals surface area contributed by atoms with Crippen LogP contribution < -0.4 is 15.8 Å². The number of amides is 1. The fourth-order valence-corrected chi connectivity index (χ4v) is 7.80. The first-order valence-electron chi connectivity index (χ1n) is 14.3. The van der Waals surface area contributed by atoms with Crippen LogP contribution in [0.4, 0.5) is 10.8 Å². The second-order valence-corrected chi connectivity index (χ2v) is 12.7. The van der Waals surface area contributed by atoms with Gasteiger partial charge in [-0.1, -0.05) is 13.0 Å². The number of fused-ring (bicyclic) bond motifs is 3. The normalized spacial score (nSPS) is 27.3. The van der Waals surface area contributed by atoms with Gasteiger partial charge < -0.3 is 41.3 Å². The van der Waals surface area contributed by atoms with Crippen LogP contribution in [0.25, 0.3) is 11.3 Å². The van der Waals surface area contributed by atoms with E-state index in [2.05, 4.69) is 10.3 Å². The molecule has 2 aromatic carbocycles. The van der Waals surface area contributed by atoms with E-state index in [1.165, 1.54) is 30.3 Å². The molecule has 0 saturated carbocycles. The van der Waals surface area contributed by atoms with E-state index in [4.69, 9.17) is 10.5 Å². The molecule has 3 aliphatic carbocycles. The fourth-order valence-electron chi connectivity index (χ4n) is 7.06. The van der Waals surface area contributed by atoms with Crippen molar-refractivity contribution >= 4 is 39.6 Å². The Labute approximate surface area is 266 Å². The molecule has 0 aliphatic heterocycles. The smallest absolute Gasteiger partial charge is 0.255 e. The Bertz CT molecular complexity index is 1860. The lowest BCUT2D eigenvalue weighted by Gasteiger charge is -2.53. The monoisotopic (exact) mass is 648 g/mol. The number of ether oxygens (including phenoxy) is 1. The molecular weight excluding hydrogens is 616 g/mol. The molecule has 6 unspecified atom stereocenters. The summed E-state index contributed by atoms with van der Waals surface area (Å²) in [4.78, 5) is 45.8. The first-order valence-corrected chi connectivity index (χ1v) is 15.2. The molecule has 3 aliphatic rings. The number of primary amides is 1. The summed E-state index contributed by atoms with van der Waals surface area (Å²) in [5.41, 5.74) is 2.77. The molecule has 1 amide bonds. The Morgan fingerprint density at radius 3 is 2.39 bits per heavy atom. The zero-order valence-corrected chi connectivity index (χ0v) is 26.0. The lowest BCUT2D eigenvalue weighted by Crippen LogP contribution is -2.68. The molecule has 240 valence electrons. The number of Topliss-reactive ketones (excluding diaryl/α,β-unsaturated/α-hetero) is 2. The highest BCUT2D eigenvalue weighted by Crippen LogP contribution is 2.56. The van der Waals surface area contributed by atoms with E-state index in [0.717, 1.165) is 5.56 Å². The average Bonchev–Trinajstić information content (AvgIpc) is 3.48. The first-order chi connectivity index (χ1) is 21.7. The zero-order chi connectivity index (χ0) is 33.4. The number of nitrogens with zero attached hydrogens (tertiary/aromatic N) is 2. The van der Waals surface area contributed by atoms with Gasteiger partial charge in [0.2, 0.25) is 5.78 Å². The third-order valence-corrected chi connectivity index (χ3v) is 10.0. The number of nitrogens with two attached hydrogens (primary N) is 1. The van der Waals surface area contributed by atoms with Gasteiger partial charge in [-0.3, -0.25) is 19.3 Å². The number of aromatic hydroxyl groups is 1. The number of anilines is 2. The van der Waals surface area contributed by atoms with Crippen molar-refractivity contribution < 1.29 is 44.7 Å². The molecule has 0 bridgehead atoms. The van der Waals surface area contributed by atoms with Crippen molar-refractivity contribution in [2.75, 3.05) is 26.5 Å². The summed E-state index contributed by atoms with van der Waals surface area (Å²) in [6.45, 7) is 1.67. The standard InChI is InChI=1S/C32H32N4O9S/c1-12-15-9-10-16(34-31-35-17(11-46-31)13-5-7-14(45-4)8-6-13)24(37)19(15)25(38)20-18(12)26(39)22-23(36(2)3)27(40)21(30(33)43)29(42)32(22,44)28(20)41/h5-12,18,22-23,26,37,39-41,44H,1-4H3,(H2,33,43)(H,34,35). The molecular formula is C32H32N4O9S. The van der Waals surface area contributed by atoms with Crippen molar-refractivity contribution in [1.82, 2.24) is 9.88 Å². The van der Waals surface area contributed by atoms with Gasteiger partial charge in [0.05, 0.1) is 42.1 Å². The predicted molar refractivity (Wildman–Crippen MR) is 167 cm³/mol. The van der Waals surface area contributed by atoms with Crippen LogP contribution in [0.5, 0.6) is 11.5 Å². The van der Waals surface area contributed by atoms with Gasteiger partial charge in [0.15, 0.2) is 22.3 Å². The highest BCUT2D eigenvalue weighted by atomic mass is 32.1. The molecule has 3 aromatic rings. The maximum Gasteiger partial charge on any atom is 0.255 e. The largest absolute Gasteiger partial charge is 0.510 e. The van der Waals surface area contributed by atoms with Crippen molar-refractivity contribution in [3.63, 3.8) is 0 Å². The van der Waals surface area contributed by atoms with Crippen LogP contribution in [0.2, 0.25) is 0 Å². The number of hydrogen-bond donors (Lipinski definition) is 7. The van der Waals surface area contributed by atoms with Gasteiger partial charge in [-0.25, -0.2) is 4.98 Å². The number of rotatable bonds is 6. The molecule has 0 saturated heterocycles. The van der Waals surface area contributed by atoms with Crippen LogP contribution in [-0.4, -0.2) is 91.8 Å². The van der Waals surface area contributed by atoms with Gasteiger partial charge in [0.1, 0.15) is 22.8 Å². The molecule has 0 spiro atoms. The Morgan fingerprint density at radius 2 is 1.78 bits per heavy atom. The minimum Gasteiger partial charge on any atom is -0.510 e. The van der Waals surface area contributed by atoms with Gasteiger partial charge in [0.25, 0.3) is 5.91 Å². The number of thiazole rings is 1. The number of hydrogen-bond acceptors (Lipinski definition) is 13. The zero-order valence-electron chi connectivity index (χ0n) is 25.2. The summed E-state index contributed by atoms with van der Waals surface area (Å²) in [6, 6.07) is 9.15. The molecule has 46 heavy (non-hydrogen) atoms. The number of likely N-dealkylation sites (N-methyl/N-ethyl adjacent to an activating group) is 1. The Kier molecular flexibility index (Phi) is 7.43. The quantitative estimate of drug-likeness (QED) is 0.152. The maximum atomic E-state index is 14.1.